The molecule has 5 heteroatoms. The maximum atomic E-state index is 5.96. The van der Waals surface area contributed by atoms with Gasteiger partial charge in [-0.3, -0.25) is 0 Å². The first-order chi connectivity index (χ1) is 8.24. The molecule has 0 saturated carbocycles. The van der Waals surface area contributed by atoms with Crippen molar-refractivity contribution in [1.82, 2.24) is 15.3 Å². The molecule has 1 aliphatic heterocycles. The Hall–Kier alpha value is -0.970. The van der Waals surface area contributed by atoms with Crippen LogP contribution in [0.15, 0.2) is 28.9 Å². The molecule has 17 heavy (non-hydrogen) atoms. The summed E-state index contributed by atoms with van der Waals surface area (Å²) in [7, 11) is 0. The van der Waals surface area contributed by atoms with E-state index in [0.29, 0.717) is 5.02 Å². The van der Waals surface area contributed by atoms with Crippen LogP contribution in [0.5, 0.6) is 0 Å². The lowest BCUT2D eigenvalue weighted by Gasteiger charge is -2.04. The largest absolute Gasteiger partial charge is 0.307 e. The summed E-state index contributed by atoms with van der Waals surface area (Å²) in [4.78, 5) is 8.93. The first-order valence-electron chi connectivity index (χ1n) is 5.25. The molecule has 2 aromatic rings. The molecule has 0 fully saturated rings. The second kappa shape index (κ2) is 4.37. The monoisotopic (exact) mass is 309 g/mol. The Balaban J connectivity index is 2.06. The lowest BCUT2D eigenvalue weighted by molar-refractivity contribution is 0.758. The third-order valence-corrected chi connectivity index (χ3v) is 3.95. The molecule has 0 aliphatic carbocycles. The Kier molecular flexibility index (Phi) is 2.86. The van der Waals surface area contributed by atoms with E-state index in [4.69, 9.17) is 11.6 Å². The van der Waals surface area contributed by atoms with E-state index in [1.165, 1.54) is 5.56 Å². The highest BCUT2D eigenvalue weighted by Crippen LogP contribution is 2.27. The summed E-state index contributed by atoms with van der Waals surface area (Å²) in [5.41, 5.74) is 3.24. The first kappa shape index (κ1) is 11.1. The Morgan fingerprint density at radius 1 is 1.29 bits per heavy atom. The average molecular weight is 311 g/mol. The smallest absolute Gasteiger partial charge is 0.159 e. The van der Waals surface area contributed by atoms with Crippen LogP contribution < -0.4 is 5.32 Å². The van der Waals surface area contributed by atoms with Gasteiger partial charge in [0.05, 0.1) is 10.7 Å². The zero-order chi connectivity index (χ0) is 11.8. The molecule has 1 aromatic carbocycles. The van der Waals surface area contributed by atoms with E-state index < -0.39 is 0 Å². The summed E-state index contributed by atoms with van der Waals surface area (Å²) in [6, 6.07) is 5.71. The fourth-order valence-electron chi connectivity index (χ4n) is 1.83. The van der Waals surface area contributed by atoms with Gasteiger partial charge in [-0.1, -0.05) is 11.6 Å². The molecule has 0 atom stereocenters. The van der Waals surface area contributed by atoms with Gasteiger partial charge >= 0.3 is 0 Å². The van der Waals surface area contributed by atoms with Crippen LogP contribution in [0.25, 0.3) is 11.4 Å². The molecule has 0 bridgehead atoms. The van der Waals surface area contributed by atoms with E-state index in [0.717, 1.165) is 34.6 Å². The van der Waals surface area contributed by atoms with E-state index in [1.807, 2.05) is 24.4 Å². The number of nitrogens with zero attached hydrogens (tertiary/aromatic N) is 2. The van der Waals surface area contributed by atoms with Crippen LogP contribution in [-0.2, 0) is 13.1 Å². The van der Waals surface area contributed by atoms with E-state index in [1.54, 1.807) is 0 Å². The van der Waals surface area contributed by atoms with Crippen LogP contribution >= 0.6 is 27.5 Å². The molecule has 0 saturated heterocycles. The molecule has 1 N–H and O–H groups in total. The first-order valence-corrected chi connectivity index (χ1v) is 6.42. The number of hydrogen-bond acceptors (Lipinski definition) is 3. The lowest BCUT2D eigenvalue weighted by Crippen LogP contribution is -2.00. The van der Waals surface area contributed by atoms with Crippen molar-refractivity contribution in [3.63, 3.8) is 0 Å². The molecule has 0 unspecified atom stereocenters. The molecule has 3 rings (SSSR count). The molecular formula is C12H9BrClN3. The van der Waals surface area contributed by atoms with Gasteiger partial charge in [-0.2, -0.15) is 0 Å². The Morgan fingerprint density at radius 2 is 2.18 bits per heavy atom. The van der Waals surface area contributed by atoms with Crippen molar-refractivity contribution >= 4 is 27.5 Å². The number of aromatic nitrogens is 2. The topological polar surface area (TPSA) is 37.8 Å². The zero-order valence-electron chi connectivity index (χ0n) is 8.87. The van der Waals surface area contributed by atoms with Crippen LogP contribution in [0.2, 0.25) is 5.02 Å². The molecule has 1 aromatic heterocycles. The summed E-state index contributed by atoms with van der Waals surface area (Å²) in [6.07, 6.45) is 1.89. The molecule has 0 spiro atoms. The van der Waals surface area contributed by atoms with E-state index in [9.17, 15) is 0 Å². The third-order valence-electron chi connectivity index (χ3n) is 2.74. The van der Waals surface area contributed by atoms with E-state index in [2.05, 4.69) is 31.2 Å². The number of benzene rings is 1. The lowest BCUT2D eigenvalue weighted by atomic mass is 10.2. The van der Waals surface area contributed by atoms with Gasteiger partial charge in [0.25, 0.3) is 0 Å². The number of nitrogens with one attached hydrogen (secondary N) is 1. The summed E-state index contributed by atoms with van der Waals surface area (Å²) in [5, 5.41) is 3.95. The molecule has 0 amide bonds. The van der Waals surface area contributed by atoms with Crippen LogP contribution in [-0.4, -0.2) is 9.97 Å². The minimum absolute atomic E-state index is 0.691. The Labute approximate surface area is 112 Å². The second-order valence-electron chi connectivity index (χ2n) is 3.90. The van der Waals surface area contributed by atoms with Gasteiger partial charge in [-0.15, -0.1) is 0 Å². The zero-order valence-corrected chi connectivity index (χ0v) is 11.2. The standard InChI is InChI=1S/C12H9BrClN3/c13-9-3-7(1-2-10(9)14)12-16-5-8-4-15-6-11(8)17-12/h1-3,5,15H,4,6H2. The van der Waals surface area contributed by atoms with Gasteiger partial charge in [-0.05, 0) is 34.1 Å². The third kappa shape index (κ3) is 2.08. The molecule has 86 valence electrons. The number of halogens is 2. The van der Waals surface area contributed by atoms with Gasteiger partial charge in [0, 0.05) is 34.9 Å². The fraction of sp³-hybridized carbons (Fsp3) is 0.167. The van der Waals surface area contributed by atoms with Crippen LogP contribution in [0, 0.1) is 0 Å². The number of rotatable bonds is 1. The van der Waals surface area contributed by atoms with Gasteiger partial charge in [-0.25, -0.2) is 9.97 Å². The molecular weight excluding hydrogens is 302 g/mol. The summed E-state index contributed by atoms with van der Waals surface area (Å²) >= 11 is 9.37. The van der Waals surface area contributed by atoms with Crippen molar-refractivity contribution in [2.24, 2.45) is 0 Å². The summed E-state index contributed by atoms with van der Waals surface area (Å²) in [6.45, 7) is 1.68. The second-order valence-corrected chi connectivity index (χ2v) is 5.16. The van der Waals surface area contributed by atoms with Crippen molar-refractivity contribution < 1.29 is 0 Å². The summed E-state index contributed by atoms with van der Waals surface area (Å²) < 4.78 is 0.860. The molecule has 2 heterocycles. The van der Waals surface area contributed by atoms with E-state index in [-0.39, 0.29) is 0 Å². The molecule has 0 radical (unpaired) electrons. The quantitative estimate of drug-likeness (QED) is 0.879. The van der Waals surface area contributed by atoms with Crippen molar-refractivity contribution in [2.45, 2.75) is 13.1 Å². The van der Waals surface area contributed by atoms with Crippen LogP contribution in [0.1, 0.15) is 11.3 Å². The Bertz CT molecular complexity index is 586. The number of fused-ring (bicyclic) bond motifs is 1. The van der Waals surface area contributed by atoms with Gasteiger partial charge in [0.2, 0.25) is 0 Å². The predicted octanol–water partition coefficient (Wildman–Crippen LogP) is 3.16. The summed E-state index contributed by atoms with van der Waals surface area (Å²) in [5.74, 6) is 0.741. The predicted molar refractivity (Wildman–Crippen MR) is 70.7 cm³/mol. The molecule has 1 aliphatic rings. The highest BCUT2D eigenvalue weighted by molar-refractivity contribution is 9.10. The average Bonchev–Trinajstić information content (AvgIpc) is 2.79. The maximum absolute atomic E-state index is 5.96. The van der Waals surface area contributed by atoms with E-state index >= 15 is 0 Å². The highest BCUT2D eigenvalue weighted by atomic mass is 79.9. The minimum atomic E-state index is 0.691. The number of hydrogen-bond donors (Lipinski definition) is 1. The van der Waals surface area contributed by atoms with Crippen molar-refractivity contribution in [1.29, 1.82) is 0 Å². The van der Waals surface area contributed by atoms with Gasteiger partial charge in [0.1, 0.15) is 0 Å². The molecule has 3 nitrogen and oxygen atoms in total. The Morgan fingerprint density at radius 3 is 3.00 bits per heavy atom. The van der Waals surface area contributed by atoms with Crippen LogP contribution in [0.3, 0.4) is 0 Å². The normalized spacial score (nSPS) is 13.8. The highest BCUT2D eigenvalue weighted by Gasteiger charge is 2.13. The van der Waals surface area contributed by atoms with Gasteiger partial charge in [0.15, 0.2) is 5.82 Å². The minimum Gasteiger partial charge on any atom is -0.307 e. The maximum Gasteiger partial charge on any atom is 0.159 e. The van der Waals surface area contributed by atoms with Crippen molar-refractivity contribution in [2.75, 3.05) is 0 Å². The van der Waals surface area contributed by atoms with Crippen LogP contribution in [0.4, 0.5) is 0 Å². The fourth-order valence-corrected chi connectivity index (χ4v) is 2.33. The SMILES string of the molecule is Clc1ccc(-c2ncc3c(n2)CNC3)cc1Br. The van der Waals surface area contributed by atoms with Crippen molar-refractivity contribution in [3.8, 4) is 11.4 Å². The van der Waals surface area contributed by atoms with Gasteiger partial charge < -0.3 is 5.32 Å². The van der Waals surface area contributed by atoms with Crippen molar-refractivity contribution in [3.05, 3.63) is 45.1 Å².